The molecular formula is C7H7NP+. The van der Waals surface area contributed by atoms with Gasteiger partial charge in [-0.15, -0.1) is 0 Å². The second-order valence-corrected chi connectivity index (χ2v) is 2.19. The number of nitrogens with one attached hydrogen (secondary N) is 1. The van der Waals surface area contributed by atoms with Crippen LogP contribution in [0.2, 0.25) is 0 Å². The summed E-state index contributed by atoms with van der Waals surface area (Å²) in [5.41, 5.74) is 1.12. The van der Waals surface area contributed by atoms with Crippen LogP contribution in [0.5, 0.6) is 0 Å². The number of hydrogen-bond donors (Lipinski definition) is 1. The first kappa shape index (κ1) is 6.44. The van der Waals surface area contributed by atoms with Crippen molar-refractivity contribution in [1.29, 1.82) is 5.16 Å². The summed E-state index contributed by atoms with van der Waals surface area (Å²) in [6, 6.07) is 9.88. The van der Waals surface area contributed by atoms with Crippen LogP contribution in [0.1, 0.15) is 5.56 Å². The third-order valence-corrected chi connectivity index (χ3v) is 1.44. The second-order valence-electron chi connectivity index (χ2n) is 1.67. The van der Waals surface area contributed by atoms with Crippen LogP contribution < -0.4 is 0 Å². The van der Waals surface area contributed by atoms with Crippen LogP contribution in [0, 0.1) is 5.16 Å². The summed E-state index contributed by atoms with van der Waals surface area (Å²) in [6.07, 6.45) is 0. The molecule has 0 amide bonds. The van der Waals surface area contributed by atoms with E-state index in [4.69, 9.17) is 5.16 Å². The minimum atomic E-state index is 0.570. The minimum absolute atomic E-state index is 0.570. The fourth-order valence-corrected chi connectivity index (χ4v) is 0.935. The molecule has 0 radical (unpaired) electrons. The van der Waals surface area contributed by atoms with Gasteiger partial charge < -0.3 is 0 Å². The molecule has 0 aliphatic heterocycles. The SMILES string of the molecule is N=[P+]=Cc1ccccc1. The molecule has 0 saturated heterocycles. The maximum atomic E-state index is 6.86. The molecule has 0 fully saturated rings. The molecule has 1 aromatic rings. The van der Waals surface area contributed by atoms with E-state index in [1.54, 1.807) is 0 Å². The molecule has 1 nitrogen and oxygen atoms in total. The summed E-state index contributed by atoms with van der Waals surface area (Å²) in [4.78, 5) is 0. The van der Waals surface area contributed by atoms with Gasteiger partial charge in [0.05, 0.1) is 0 Å². The van der Waals surface area contributed by atoms with Gasteiger partial charge in [0.25, 0.3) is 0 Å². The molecule has 1 aromatic carbocycles. The molecule has 0 heterocycles. The predicted octanol–water partition coefficient (Wildman–Crippen LogP) is 2.55. The van der Waals surface area contributed by atoms with Crippen molar-refractivity contribution in [3.63, 3.8) is 0 Å². The molecule has 0 atom stereocenters. The van der Waals surface area contributed by atoms with Crippen LogP contribution in [0.4, 0.5) is 0 Å². The van der Waals surface area contributed by atoms with Gasteiger partial charge in [0.2, 0.25) is 0 Å². The maximum absolute atomic E-state index is 6.86. The van der Waals surface area contributed by atoms with E-state index in [0.717, 1.165) is 5.56 Å². The van der Waals surface area contributed by atoms with Gasteiger partial charge in [-0.2, -0.15) is 0 Å². The van der Waals surface area contributed by atoms with E-state index in [9.17, 15) is 0 Å². The van der Waals surface area contributed by atoms with Crippen LogP contribution >= 0.6 is 8.00 Å². The monoisotopic (exact) mass is 136 g/mol. The number of benzene rings is 1. The van der Waals surface area contributed by atoms with Gasteiger partial charge in [0.1, 0.15) is 0 Å². The Morgan fingerprint density at radius 2 is 1.89 bits per heavy atom. The number of rotatable bonds is 1. The molecule has 0 bridgehead atoms. The Bertz CT molecular complexity index is 224. The van der Waals surface area contributed by atoms with E-state index in [-0.39, 0.29) is 0 Å². The van der Waals surface area contributed by atoms with Crippen molar-refractivity contribution in [3.8, 4) is 0 Å². The Kier molecular flexibility index (Phi) is 2.41. The molecule has 1 rings (SSSR count). The van der Waals surface area contributed by atoms with E-state index in [0.29, 0.717) is 8.00 Å². The fourth-order valence-electron chi connectivity index (χ4n) is 0.614. The van der Waals surface area contributed by atoms with Crippen molar-refractivity contribution < 1.29 is 0 Å². The molecule has 0 spiro atoms. The normalized spacial score (nSPS) is 8.44. The van der Waals surface area contributed by atoms with Gasteiger partial charge in [0, 0.05) is 0 Å². The van der Waals surface area contributed by atoms with Gasteiger partial charge >= 0.3 is 54.8 Å². The van der Waals surface area contributed by atoms with Crippen molar-refractivity contribution >= 4 is 13.8 Å². The van der Waals surface area contributed by atoms with E-state index >= 15 is 0 Å². The Balaban J connectivity index is 2.97. The molecule has 2 heteroatoms. The predicted molar refractivity (Wildman–Crippen MR) is 41.2 cm³/mol. The molecule has 0 saturated carbocycles. The van der Waals surface area contributed by atoms with Gasteiger partial charge in [-0.1, -0.05) is 0 Å². The van der Waals surface area contributed by atoms with Crippen molar-refractivity contribution in [2.45, 2.75) is 0 Å². The summed E-state index contributed by atoms with van der Waals surface area (Å²) >= 11 is 0. The van der Waals surface area contributed by atoms with E-state index in [1.807, 2.05) is 36.1 Å². The molecule has 0 aliphatic carbocycles. The Hall–Kier alpha value is -0.680. The molecular weight excluding hydrogens is 129 g/mol. The number of hydrogen-bond acceptors (Lipinski definition) is 1. The zero-order valence-electron chi connectivity index (χ0n) is 4.91. The van der Waals surface area contributed by atoms with Crippen LogP contribution in [0.15, 0.2) is 30.3 Å². The summed E-state index contributed by atoms with van der Waals surface area (Å²) in [5, 5.41) is 6.86. The topological polar surface area (TPSA) is 23.9 Å². The van der Waals surface area contributed by atoms with Crippen LogP contribution in [-0.4, -0.2) is 5.80 Å². The summed E-state index contributed by atoms with van der Waals surface area (Å²) in [7, 11) is 0.570. The van der Waals surface area contributed by atoms with Crippen molar-refractivity contribution in [2.24, 2.45) is 0 Å². The fraction of sp³-hybridized carbons (Fsp3) is 0. The van der Waals surface area contributed by atoms with Crippen LogP contribution in [0.3, 0.4) is 0 Å². The molecule has 44 valence electrons. The van der Waals surface area contributed by atoms with Crippen LogP contribution in [-0.2, 0) is 0 Å². The zero-order chi connectivity index (χ0) is 6.53. The first-order chi connectivity index (χ1) is 4.43. The van der Waals surface area contributed by atoms with Crippen LogP contribution in [0.25, 0.3) is 0 Å². The molecule has 9 heavy (non-hydrogen) atoms. The Morgan fingerprint density at radius 1 is 1.22 bits per heavy atom. The summed E-state index contributed by atoms with van der Waals surface area (Å²) in [5.74, 6) is 1.85. The van der Waals surface area contributed by atoms with Crippen molar-refractivity contribution in [1.82, 2.24) is 0 Å². The molecule has 0 aliphatic rings. The average Bonchev–Trinajstić information content (AvgIpc) is 1.91. The van der Waals surface area contributed by atoms with Crippen molar-refractivity contribution in [3.05, 3.63) is 35.9 Å². The zero-order valence-corrected chi connectivity index (χ0v) is 5.81. The second kappa shape index (κ2) is 3.37. The van der Waals surface area contributed by atoms with Gasteiger partial charge in [0.15, 0.2) is 0 Å². The van der Waals surface area contributed by atoms with E-state index in [2.05, 4.69) is 0 Å². The third-order valence-electron chi connectivity index (χ3n) is 1.01. The van der Waals surface area contributed by atoms with E-state index in [1.165, 1.54) is 0 Å². The summed E-state index contributed by atoms with van der Waals surface area (Å²) in [6.45, 7) is 0. The van der Waals surface area contributed by atoms with Crippen molar-refractivity contribution in [2.75, 3.05) is 0 Å². The van der Waals surface area contributed by atoms with Gasteiger partial charge in [-0.05, 0) is 0 Å². The molecule has 1 N–H and O–H groups in total. The Labute approximate surface area is 55.7 Å². The van der Waals surface area contributed by atoms with Gasteiger partial charge in [-0.3, -0.25) is 0 Å². The first-order valence-corrected chi connectivity index (χ1v) is 3.64. The molecule has 0 aromatic heterocycles. The average molecular weight is 136 g/mol. The summed E-state index contributed by atoms with van der Waals surface area (Å²) < 4.78 is 0. The first-order valence-electron chi connectivity index (χ1n) is 2.68. The third kappa shape index (κ3) is 1.95. The Morgan fingerprint density at radius 3 is 2.44 bits per heavy atom. The standard InChI is InChI=1S/C7H7NP/c8-9-6-7-4-2-1-3-5-7/h1-6,8H/q+1. The quantitative estimate of drug-likeness (QED) is 0.573. The van der Waals surface area contributed by atoms with E-state index < -0.39 is 0 Å². The molecule has 0 unspecified atom stereocenters. The van der Waals surface area contributed by atoms with Gasteiger partial charge in [-0.25, -0.2) is 0 Å².